The first-order chi connectivity index (χ1) is 6.27. The molecule has 0 aliphatic heterocycles. The molecule has 0 unspecified atom stereocenters. The zero-order valence-electron chi connectivity index (χ0n) is 7.31. The van der Waals surface area contributed by atoms with Gasteiger partial charge in [-0.1, -0.05) is 0 Å². The van der Waals surface area contributed by atoms with Crippen LogP contribution in [-0.4, -0.2) is 19.3 Å². The second kappa shape index (κ2) is 5.39. The maximum atomic E-state index is 9.21. The van der Waals surface area contributed by atoms with Crippen molar-refractivity contribution in [2.75, 3.05) is 14.2 Å². The third kappa shape index (κ3) is 3.11. The Bertz CT molecular complexity index is 278. The summed E-state index contributed by atoms with van der Waals surface area (Å²) in [4.78, 5) is 1.77. The molecule has 0 spiro atoms. The van der Waals surface area contributed by atoms with E-state index in [0.29, 0.717) is 0 Å². The van der Waals surface area contributed by atoms with Crippen molar-refractivity contribution in [3.05, 3.63) is 18.2 Å². The molecular formula is C8H10O3S2. The molecule has 0 aromatic heterocycles. The van der Waals surface area contributed by atoms with Crippen LogP contribution in [0.3, 0.4) is 0 Å². The van der Waals surface area contributed by atoms with Crippen LogP contribution in [-0.2, 0) is 8.37 Å². The zero-order valence-corrected chi connectivity index (χ0v) is 8.95. The van der Waals surface area contributed by atoms with E-state index in [1.807, 2.05) is 0 Å². The van der Waals surface area contributed by atoms with E-state index in [-0.39, 0.29) is 5.75 Å². The van der Waals surface area contributed by atoms with Crippen LogP contribution in [0, 0.1) is 0 Å². The fraction of sp³-hybridized carbons (Fsp3) is 0.250. The Labute approximate surface area is 85.8 Å². The molecule has 13 heavy (non-hydrogen) atoms. The number of rotatable bonds is 4. The Hall–Kier alpha value is -0.360. The van der Waals surface area contributed by atoms with Gasteiger partial charge in [0.25, 0.3) is 0 Å². The molecule has 1 N–H and O–H groups in total. The van der Waals surface area contributed by atoms with Gasteiger partial charge in [0, 0.05) is 24.1 Å². The van der Waals surface area contributed by atoms with Gasteiger partial charge in [-0.3, -0.25) is 0 Å². The molecule has 0 bridgehead atoms. The van der Waals surface area contributed by atoms with E-state index >= 15 is 0 Å². The van der Waals surface area contributed by atoms with E-state index in [0.717, 1.165) is 9.79 Å². The lowest BCUT2D eigenvalue weighted by molar-refractivity contribution is 0.468. The predicted octanol–water partition coefficient (Wildman–Crippen LogP) is 2.70. The first-order valence-corrected chi connectivity index (χ1v) is 5.00. The van der Waals surface area contributed by atoms with Crippen LogP contribution >= 0.6 is 24.1 Å². The molecule has 0 radical (unpaired) electrons. The standard InChI is InChI=1S/C8H10O3S2/c1-10-12-7-4-3-6(9)5-8(7)13-11-2/h3-5,9H,1-2H3. The minimum absolute atomic E-state index is 0.222. The molecule has 0 saturated heterocycles. The molecule has 0 amide bonds. The van der Waals surface area contributed by atoms with Gasteiger partial charge in [0.05, 0.1) is 24.0 Å². The lowest BCUT2D eigenvalue weighted by Crippen LogP contribution is -1.80. The van der Waals surface area contributed by atoms with Gasteiger partial charge in [0.1, 0.15) is 5.75 Å². The van der Waals surface area contributed by atoms with Crippen LogP contribution in [0.1, 0.15) is 0 Å². The Morgan fingerprint density at radius 1 is 1.08 bits per heavy atom. The summed E-state index contributed by atoms with van der Waals surface area (Å²) in [5.74, 6) is 0.222. The SMILES string of the molecule is COSc1ccc(O)cc1SOC. The summed E-state index contributed by atoms with van der Waals surface area (Å²) in [7, 11) is 3.18. The zero-order chi connectivity index (χ0) is 9.68. The predicted molar refractivity (Wildman–Crippen MR) is 53.8 cm³/mol. The van der Waals surface area contributed by atoms with Crippen molar-refractivity contribution in [1.29, 1.82) is 0 Å². The molecule has 0 aliphatic carbocycles. The van der Waals surface area contributed by atoms with E-state index in [2.05, 4.69) is 0 Å². The largest absolute Gasteiger partial charge is 0.508 e. The van der Waals surface area contributed by atoms with Crippen molar-refractivity contribution >= 4 is 24.1 Å². The van der Waals surface area contributed by atoms with E-state index in [1.165, 1.54) is 24.1 Å². The highest BCUT2D eigenvalue weighted by atomic mass is 32.2. The van der Waals surface area contributed by atoms with Gasteiger partial charge < -0.3 is 13.5 Å². The van der Waals surface area contributed by atoms with Crippen molar-refractivity contribution in [1.82, 2.24) is 0 Å². The van der Waals surface area contributed by atoms with Crippen molar-refractivity contribution in [2.24, 2.45) is 0 Å². The Kier molecular flexibility index (Phi) is 4.44. The molecular weight excluding hydrogens is 208 g/mol. The monoisotopic (exact) mass is 218 g/mol. The number of hydrogen-bond donors (Lipinski definition) is 1. The van der Waals surface area contributed by atoms with Crippen molar-refractivity contribution in [2.45, 2.75) is 9.79 Å². The third-order valence-corrected chi connectivity index (χ3v) is 2.79. The maximum Gasteiger partial charge on any atom is 0.116 e. The minimum Gasteiger partial charge on any atom is -0.508 e. The number of aromatic hydroxyl groups is 1. The summed E-state index contributed by atoms with van der Waals surface area (Å²) in [6, 6.07) is 5.03. The molecule has 1 aromatic carbocycles. The average Bonchev–Trinajstić information content (AvgIpc) is 2.10. The highest BCUT2D eigenvalue weighted by molar-refractivity contribution is 7.97. The van der Waals surface area contributed by atoms with Crippen molar-refractivity contribution in [3.63, 3.8) is 0 Å². The Morgan fingerprint density at radius 3 is 2.31 bits per heavy atom. The first-order valence-electron chi connectivity index (χ1n) is 3.52. The normalized spacial score (nSPS) is 10.3. The molecule has 72 valence electrons. The van der Waals surface area contributed by atoms with Crippen LogP contribution in [0.25, 0.3) is 0 Å². The highest BCUT2D eigenvalue weighted by Crippen LogP contribution is 2.33. The summed E-state index contributed by atoms with van der Waals surface area (Å²) in [5, 5.41) is 9.21. The fourth-order valence-electron chi connectivity index (χ4n) is 0.810. The van der Waals surface area contributed by atoms with Gasteiger partial charge in [0.15, 0.2) is 0 Å². The molecule has 0 aliphatic rings. The van der Waals surface area contributed by atoms with E-state index in [9.17, 15) is 5.11 Å². The fourth-order valence-corrected chi connectivity index (χ4v) is 1.96. The molecule has 0 atom stereocenters. The van der Waals surface area contributed by atoms with Gasteiger partial charge >= 0.3 is 0 Å². The summed E-state index contributed by atoms with van der Waals surface area (Å²) in [5.41, 5.74) is 0. The first kappa shape index (κ1) is 10.7. The van der Waals surface area contributed by atoms with E-state index < -0.39 is 0 Å². The molecule has 0 saturated carbocycles. The van der Waals surface area contributed by atoms with Gasteiger partial charge in [-0.2, -0.15) is 0 Å². The molecule has 1 rings (SSSR count). The minimum atomic E-state index is 0.222. The van der Waals surface area contributed by atoms with Crippen LogP contribution in [0.2, 0.25) is 0 Å². The van der Waals surface area contributed by atoms with Gasteiger partial charge in [-0.05, 0) is 18.2 Å². The summed E-state index contributed by atoms with van der Waals surface area (Å²) < 4.78 is 9.83. The quantitative estimate of drug-likeness (QED) is 0.787. The van der Waals surface area contributed by atoms with Crippen LogP contribution in [0.4, 0.5) is 0 Å². The summed E-state index contributed by atoms with van der Waals surface area (Å²) >= 11 is 2.43. The molecule has 1 aromatic rings. The number of hydrogen-bond acceptors (Lipinski definition) is 5. The van der Waals surface area contributed by atoms with Crippen LogP contribution < -0.4 is 0 Å². The number of phenols is 1. The number of phenolic OH excluding ortho intramolecular Hbond substituents is 1. The second-order valence-electron chi connectivity index (χ2n) is 2.13. The topological polar surface area (TPSA) is 38.7 Å². The summed E-state index contributed by atoms with van der Waals surface area (Å²) in [6.07, 6.45) is 0. The van der Waals surface area contributed by atoms with Crippen molar-refractivity contribution < 1.29 is 13.5 Å². The number of benzene rings is 1. The highest BCUT2D eigenvalue weighted by Gasteiger charge is 2.05. The van der Waals surface area contributed by atoms with E-state index in [1.54, 1.807) is 32.4 Å². The Balaban J connectivity index is 2.89. The van der Waals surface area contributed by atoms with Crippen molar-refractivity contribution in [3.8, 4) is 5.75 Å². The Morgan fingerprint density at radius 2 is 1.69 bits per heavy atom. The summed E-state index contributed by atoms with van der Waals surface area (Å²) in [6.45, 7) is 0. The molecule has 5 heteroatoms. The van der Waals surface area contributed by atoms with Gasteiger partial charge in [-0.25, -0.2) is 0 Å². The van der Waals surface area contributed by atoms with Gasteiger partial charge in [-0.15, -0.1) is 0 Å². The lowest BCUT2D eigenvalue weighted by atomic mass is 10.3. The third-order valence-electron chi connectivity index (χ3n) is 1.27. The maximum absolute atomic E-state index is 9.21. The van der Waals surface area contributed by atoms with Crippen LogP contribution in [0.5, 0.6) is 5.75 Å². The van der Waals surface area contributed by atoms with Crippen LogP contribution in [0.15, 0.2) is 28.0 Å². The molecule has 3 nitrogen and oxygen atoms in total. The average molecular weight is 218 g/mol. The van der Waals surface area contributed by atoms with E-state index in [4.69, 9.17) is 8.37 Å². The second-order valence-corrected chi connectivity index (χ2v) is 4.01. The molecule has 0 heterocycles. The lowest BCUT2D eigenvalue weighted by Gasteiger charge is -2.05. The molecule has 0 fully saturated rings. The smallest absolute Gasteiger partial charge is 0.116 e. The van der Waals surface area contributed by atoms with Gasteiger partial charge in [0.2, 0.25) is 0 Å².